The van der Waals surface area contributed by atoms with E-state index in [0.717, 1.165) is 134 Å². The molecule has 5 nitrogen and oxygen atoms in total. The lowest BCUT2D eigenvalue weighted by Crippen LogP contribution is -2.37. The lowest BCUT2D eigenvalue weighted by Gasteiger charge is -2.41. The number of fused-ring (bicyclic) bond motifs is 10. The van der Waals surface area contributed by atoms with E-state index < -0.39 is 5.60 Å². The minimum atomic E-state index is -0.981. The van der Waals surface area contributed by atoms with Crippen molar-refractivity contribution >= 4 is 28.2 Å². The molecule has 0 N–H and O–H groups in total. The summed E-state index contributed by atoms with van der Waals surface area (Å²) >= 11 is 0. The number of hydrogen-bond acceptors (Lipinski definition) is 5. The Labute approximate surface area is 303 Å². The molecule has 5 aromatic rings. The molecule has 1 spiro atoms. The lowest BCUT2D eigenvalue weighted by atomic mass is 9.66. The maximum Gasteiger partial charge on any atom is 0.178 e. The van der Waals surface area contributed by atoms with E-state index in [2.05, 4.69) is 70.5 Å². The Hall–Kier alpha value is -4.72. The van der Waals surface area contributed by atoms with Crippen molar-refractivity contribution in [1.82, 2.24) is 0 Å². The van der Waals surface area contributed by atoms with Gasteiger partial charge in [0.05, 0.1) is 26.4 Å². The fourth-order valence-electron chi connectivity index (χ4n) is 9.79. The first-order chi connectivity index (χ1) is 25.5. The number of ether oxygens (including phenoxy) is 3. The highest BCUT2D eigenvalue weighted by Gasteiger charge is 2.49. The largest absolute Gasteiger partial charge is 0.472 e. The van der Waals surface area contributed by atoms with Gasteiger partial charge in [-0.05, 0) is 95.1 Å². The second kappa shape index (κ2) is 12.5. The van der Waals surface area contributed by atoms with Crippen LogP contribution in [-0.4, -0.2) is 52.6 Å². The molecule has 3 heterocycles. The van der Waals surface area contributed by atoms with Crippen LogP contribution in [0.4, 0.5) is 20.2 Å². The van der Waals surface area contributed by atoms with E-state index in [-0.39, 0.29) is 17.0 Å². The van der Waals surface area contributed by atoms with Crippen molar-refractivity contribution in [2.24, 2.45) is 0 Å². The standard InChI is InChI=1S/C45H42F2N2O3/c46-32-8-14-36-39(28-32)43-38(42-41(36)37-15-9-33(47)29-40(37)44(42)17-2-1-3-18-44)16-19-45(52-43,30-4-10-34(11-5-30)48-20-24-50-25-21-48)31-6-12-35(13-7-31)49-22-26-51-27-23-49/h4-16,19,28-29H,1-3,17-18,20-27H2. The topological polar surface area (TPSA) is 34.2 Å². The van der Waals surface area contributed by atoms with Crippen LogP contribution in [0, 0.1) is 11.6 Å². The van der Waals surface area contributed by atoms with Crippen LogP contribution in [0.25, 0.3) is 28.0 Å². The molecular formula is C45H42F2N2O3. The fourth-order valence-corrected chi connectivity index (χ4v) is 9.79. The molecule has 0 unspecified atom stereocenters. The third kappa shape index (κ3) is 4.92. The molecule has 2 saturated heterocycles. The summed E-state index contributed by atoms with van der Waals surface area (Å²) in [6.07, 6.45) is 9.64. The van der Waals surface area contributed by atoms with Crippen molar-refractivity contribution in [1.29, 1.82) is 0 Å². The van der Waals surface area contributed by atoms with Crippen molar-refractivity contribution in [2.75, 3.05) is 62.4 Å². The van der Waals surface area contributed by atoms with Gasteiger partial charge in [-0.3, -0.25) is 0 Å². The van der Waals surface area contributed by atoms with E-state index in [1.54, 1.807) is 24.3 Å². The van der Waals surface area contributed by atoms with Crippen molar-refractivity contribution in [2.45, 2.75) is 43.1 Å². The van der Waals surface area contributed by atoms with Crippen molar-refractivity contribution in [3.05, 3.63) is 130 Å². The average Bonchev–Trinajstić information content (AvgIpc) is 3.47. The minimum absolute atomic E-state index is 0.215. The maximum atomic E-state index is 15.4. The fraction of sp³-hybridized carbons (Fsp3) is 0.333. The second-order valence-electron chi connectivity index (χ2n) is 15.0. The van der Waals surface area contributed by atoms with Crippen molar-refractivity contribution in [3.63, 3.8) is 0 Å². The minimum Gasteiger partial charge on any atom is -0.472 e. The first-order valence-corrected chi connectivity index (χ1v) is 18.9. The SMILES string of the molecule is Fc1ccc2c(c1)C1(CCCCC1)c1c3c(c4cc(F)ccc4c1-2)OC(c1ccc(N2CCOCC2)cc1)(c1ccc(N2CCOCC2)cc1)C=C3. The number of hydrogen-bond donors (Lipinski definition) is 0. The van der Waals surface area contributed by atoms with E-state index in [1.807, 2.05) is 12.1 Å². The Bertz CT molecular complexity index is 2130. The first kappa shape index (κ1) is 32.0. The Morgan fingerprint density at radius 3 is 1.79 bits per heavy atom. The van der Waals surface area contributed by atoms with Gasteiger partial charge in [-0.1, -0.05) is 61.7 Å². The first-order valence-electron chi connectivity index (χ1n) is 18.9. The van der Waals surface area contributed by atoms with Gasteiger partial charge in [0, 0.05) is 65.0 Å². The van der Waals surface area contributed by atoms with E-state index in [4.69, 9.17) is 14.2 Å². The predicted octanol–water partition coefficient (Wildman–Crippen LogP) is 9.37. The molecule has 0 radical (unpaired) electrons. The third-order valence-corrected chi connectivity index (χ3v) is 12.3. The van der Waals surface area contributed by atoms with Crippen LogP contribution in [0.2, 0.25) is 0 Å². The van der Waals surface area contributed by atoms with Crippen molar-refractivity contribution in [3.8, 4) is 16.9 Å². The second-order valence-corrected chi connectivity index (χ2v) is 15.0. The number of morpholine rings is 2. The summed E-state index contributed by atoms with van der Waals surface area (Å²) in [4.78, 5) is 4.71. The van der Waals surface area contributed by atoms with E-state index in [9.17, 15) is 0 Å². The zero-order chi connectivity index (χ0) is 34.9. The number of nitrogens with zero attached hydrogens (tertiary/aromatic N) is 2. The molecule has 7 heteroatoms. The highest BCUT2D eigenvalue weighted by Crippen LogP contribution is 2.62. The summed E-state index contributed by atoms with van der Waals surface area (Å²) in [6.45, 7) is 6.29. The van der Waals surface area contributed by atoms with Crippen LogP contribution in [0.5, 0.6) is 5.75 Å². The predicted molar refractivity (Wildman–Crippen MR) is 203 cm³/mol. The summed E-state index contributed by atoms with van der Waals surface area (Å²) in [6, 6.07) is 27.7. The Balaban J connectivity index is 1.18. The van der Waals surface area contributed by atoms with Gasteiger partial charge in [0.25, 0.3) is 0 Å². The summed E-state index contributed by atoms with van der Waals surface area (Å²) in [5.74, 6) is 0.156. The molecule has 5 aliphatic rings. The van der Waals surface area contributed by atoms with Gasteiger partial charge in [-0.25, -0.2) is 8.78 Å². The molecule has 3 aliphatic heterocycles. The number of halogens is 2. The molecule has 2 aliphatic carbocycles. The average molecular weight is 697 g/mol. The van der Waals surface area contributed by atoms with Crippen molar-refractivity contribution < 1.29 is 23.0 Å². The smallest absolute Gasteiger partial charge is 0.178 e. The molecule has 0 amide bonds. The highest BCUT2D eigenvalue weighted by atomic mass is 19.1. The molecule has 264 valence electrons. The highest BCUT2D eigenvalue weighted by molar-refractivity contribution is 6.08. The Morgan fingerprint density at radius 2 is 1.17 bits per heavy atom. The Kier molecular flexibility index (Phi) is 7.66. The molecule has 0 bridgehead atoms. The lowest BCUT2D eigenvalue weighted by molar-refractivity contribution is 0.122. The van der Waals surface area contributed by atoms with Crippen LogP contribution in [-0.2, 0) is 20.5 Å². The quantitative estimate of drug-likeness (QED) is 0.187. The number of anilines is 2. The van der Waals surface area contributed by atoms with Crippen LogP contribution in [0.1, 0.15) is 59.9 Å². The number of rotatable bonds is 4. The van der Waals surface area contributed by atoms with E-state index >= 15 is 8.78 Å². The summed E-state index contributed by atoms with van der Waals surface area (Å²) in [5.41, 5.74) is 8.38. The monoisotopic (exact) mass is 696 g/mol. The van der Waals surface area contributed by atoms with Gasteiger partial charge >= 0.3 is 0 Å². The summed E-state index contributed by atoms with van der Waals surface area (Å²) in [7, 11) is 0. The van der Waals surface area contributed by atoms with E-state index in [0.29, 0.717) is 5.75 Å². The van der Waals surface area contributed by atoms with Crippen LogP contribution in [0.3, 0.4) is 0 Å². The van der Waals surface area contributed by atoms with Gasteiger partial charge in [-0.2, -0.15) is 0 Å². The normalized spacial score (nSPS) is 20.0. The van der Waals surface area contributed by atoms with Crippen LogP contribution in [0.15, 0.2) is 91.0 Å². The molecule has 0 aromatic heterocycles. The summed E-state index contributed by atoms with van der Waals surface area (Å²) in [5, 5.41) is 1.68. The summed E-state index contributed by atoms with van der Waals surface area (Å²) < 4.78 is 49.2. The zero-order valence-corrected chi connectivity index (χ0v) is 29.3. The zero-order valence-electron chi connectivity index (χ0n) is 29.3. The number of benzene rings is 5. The van der Waals surface area contributed by atoms with Gasteiger partial charge in [0.15, 0.2) is 5.60 Å². The molecule has 10 rings (SSSR count). The molecule has 0 atom stereocenters. The molecular weight excluding hydrogens is 655 g/mol. The van der Waals surface area contributed by atoms with E-state index in [1.165, 1.54) is 12.0 Å². The van der Waals surface area contributed by atoms with Gasteiger partial charge in [0.1, 0.15) is 17.4 Å². The van der Waals surface area contributed by atoms with Crippen LogP contribution >= 0.6 is 0 Å². The maximum absolute atomic E-state index is 15.4. The molecule has 5 aromatic carbocycles. The Morgan fingerprint density at radius 1 is 0.596 bits per heavy atom. The molecule has 1 saturated carbocycles. The molecule has 52 heavy (non-hydrogen) atoms. The van der Waals surface area contributed by atoms with Gasteiger partial charge in [-0.15, -0.1) is 0 Å². The van der Waals surface area contributed by atoms with Gasteiger partial charge in [0.2, 0.25) is 0 Å². The third-order valence-electron chi connectivity index (χ3n) is 12.3. The van der Waals surface area contributed by atoms with Crippen LogP contribution < -0.4 is 14.5 Å². The molecule has 3 fully saturated rings. The van der Waals surface area contributed by atoms with Gasteiger partial charge < -0.3 is 24.0 Å².